The number of aliphatic hydroxyl groups excluding tert-OH is 1. The number of nitrogens with zero attached hydrogens (tertiary/aromatic N) is 2. The van der Waals surface area contributed by atoms with Crippen LogP contribution >= 0.6 is 63.7 Å². The Balaban J connectivity index is 0.000000418. The van der Waals surface area contributed by atoms with Gasteiger partial charge in [0.2, 0.25) is 6.33 Å². The molecule has 0 aliphatic carbocycles. The van der Waals surface area contributed by atoms with Crippen LogP contribution in [0.2, 0.25) is 0 Å². The van der Waals surface area contributed by atoms with Gasteiger partial charge in [-0.1, -0.05) is 112 Å². The molecule has 1 N–H and O–H groups in total. The monoisotopic (exact) mass is 918 g/mol. The van der Waals surface area contributed by atoms with Gasteiger partial charge in [-0.15, -0.1) is 0 Å². The fourth-order valence-electron chi connectivity index (χ4n) is 4.80. The maximum atomic E-state index is 10.9. The summed E-state index contributed by atoms with van der Waals surface area (Å²) in [6.45, 7) is 1.40. The first-order chi connectivity index (χ1) is 23.6. The molecular formula is C37H34Br4N2O6. The lowest BCUT2D eigenvalue weighted by Gasteiger charge is -2.19. The van der Waals surface area contributed by atoms with Gasteiger partial charge in [0.05, 0.1) is 26.8 Å². The van der Waals surface area contributed by atoms with Crippen LogP contribution in [0.5, 0.6) is 11.5 Å². The van der Waals surface area contributed by atoms with Crippen molar-refractivity contribution in [3.63, 3.8) is 0 Å². The van der Waals surface area contributed by atoms with Crippen LogP contribution < -0.4 is 19.1 Å². The van der Waals surface area contributed by atoms with E-state index in [2.05, 4.69) is 74.4 Å². The van der Waals surface area contributed by atoms with E-state index in [0.717, 1.165) is 40.7 Å². The van der Waals surface area contributed by atoms with Crippen molar-refractivity contribution in [2.24, 2.45) is 0 Å². The number of benzene rings is 4. The fraction of sp³-hybridized carbons (Fsp3) is 0.189. The van der Waals surface area contributed by atoms with Crippen molar-refractivity contribution in [1.29, 1.82) is 0 Å². The first-order valence-corrected chi connectivity index (χ1v) is 18.1. The topological polar surface area (TPSA) is 96.9 Å². The van der Waals surface area contributed by atoms with Gasteiger partial charge >= 0.3 is 0 Å². The van der Waals surface area contributed by atoms with E-state index in [9.17, 15) is 15.0 Å². The highest BCUT2D eigenvalue weighted by atomic mass is 79.9. The van der Waals surface area contributed by atoms with Gasteiger partial charge in [0, 0.05) is 29.5 Å². The van der Waals surface area contributed by atoms with Gasteiger partial charge in [0.25, 0.3) is 0 Å². The molecule has 12 heteroatoms. The minimum atomic E-state index is -1.17. The minimum Gasteiger partial charge on any atom is -0.545 e. The van der Waals surface area contributed by atoms with Crippen LogP contribution in [0.15, 0.2) is 128 Å². The van der Waals surface area contributed by atoms with Gasteiger partial charge in [-0.25, -0.2) is 9.13 Å². The van der Waals surface area contributed by atoms with E-state index in [1.165, 1.54) is 6.08 Å². The third-order valence-electron chi connectivity index (χ3n) is 7.28. The molecule has 0 bridgehead atoms. The van der Waals surface area contributed by atoms with E-state index in [-0.39, 0.29) is 6.10 Å². The lowest BCUT2D eigenvalue weighted by atomic mass is 10.1. The number of ether oxygens (including phenoxy) is 3. The summed E-state index contributed by atoms with van der Waals surface area (Å²) in [6, 6.07) is 26.8. The number of aromatic nitrogens is 2. The first kappa shape index (κ1) is 38.5. The average Bonchev–Trinajstić information content (AvgIpc) is 3.53. The van der Waals surface area contributed by atoms with E-state index in [0.29, 0.717) is 36.8 Å². The van der Waals surface area contributed by atoms with Gasteiger partial charge in [0.1, 0.15) is 49.2 Å². The van der Waals surface area contributed by atoms with Crippen LogP contribution in [-0.4, -0.2) is 29.9 Å². The smallest absolute Gasteiger partial charge is 0.243 e. The Hall–Kier alpha value is -3.26. The molecular weight excluding hydrogens is 888 g/mol. The first-order valence-electron chi connectivity index (χ1n) is 15.0. The Morgan fingerprint density at radius 1 is 0.898 bits per heavy atom. The number of carbonyl (C=O) groups excluding carboxylic acids is 1. The van der Waals surface area contributed by atoms with E-state index in [1.807, 2.05) is 96.1 Å². The van der Waals surface area contributed by atoms with E-state index >= 15 is 0 Å². The number of carboxylic acid groups (broad SMARTS) is 1. The third-order valence-corrected chi connectivity index (χ3v) is 9.69. The number of aliphatic carboxylic acids is 1. The summed E-state index contributed by atoms with van der Waals surface area (Å²) in [6.07, 6.45) is 7.43. The summed E-state index contributed by atoms with van der Waals surface area (Å²) in [5, 5.41) is 20.9. The Kier molecular flexibility index (Phi) is 15.1. The van der Waals surface area contributed by atoms with Crippen LogP contribution in [0.25, 0.3) is 6.08 Å². The number of methoxy groups -OCH3 is 2. The van der Waals surface area contributed by atoms with E-state index < -0.39 is 12.1 Å². The van der Waals surface area contributed by atoms with Crippen molar-refractivity contribution in [3.8, 4) is 11.5 Å². The second-order valence-electron chi connectivity index (χ2n) is 10.7. The molecule has 2 atom stereocenters. The fourth-order valence-corrected chi connectivity index (χ4v) is 7.26. The molecule has 49 heavy (non-hydrogen) atoms. The van der Waals surface area contributed by atoms with Crippen molar-refractivity contribution in [2.45, 2.75) is 31.9 Å². The van der Waals surface area contributed by atoms with Crippen molar-refractivity contribution < 1.29 is 33.8 Å². The third kappa shape index (κ3) is 11.9. The molecule has 0 fully saturated rings. The number of hydrogen-bond donors (Lipinski definition) is 1. The highest BCUT2D eigenvalue weighted by molar-refractivity contribution is 9.11. The molecule has 5 aromatic rings. The normalized spacial score (nSPS) is 12.2. The SMILES string of the molecule is COc1ccc(C(O)Cn2cc[n+](CC(OCc3ccc(Br)cc3Br)c3ccc(Br)cc3Br)c2)c(OC)c1.O=C([O-])/C=C/c1ccccc1. The Labute approximate surface area is 319 Å². The minimum absolute atomic E-state index is 0.222. The molecule has 0 aliphatic rings. The van der Waals surface area contributed by atoms with Gasteiger partial charge in [-0.2, -0.15) is 0 Å². The van der Waals surface area contributed by atoms with Crippen LogP contribution in [0.1, 0.15) is 34.5 Å². The zero-order chi connectivity index (χ0) is 35.3. The van der Waals surface area contributed by atoms with E-state index in [1.54, 1.807) is 20.3 Å². The van der Waals surface area contributed by atoms with Crippen molar-refractivity contribution in [2.75, 3.05) is 14.2 Å². The molecule has 0 radical (unpaired) electrons. The standard InChI is InChI=1S/C28H27Br4N2O4.C9H8O2/c1-36-21-6-8-23(27(13-21)37-2)26(35)14-33-9-10-34(17-33)15-28(22-7-5-20(30)12-25(22)32)38-16-18-3-4-19(29)11-24(18)31;10-9(11)7-6-8-4-2-1-3-5-8/h3-13,17,26,28,35H,14-16H2,1-2H3;1-7H,(H,10,11)/q+1;/p-1/b;7-6+. The summed E-state index contributed by atoms with van der Waals surface area (Å²) in [5.74, 6) is 0.0929. The number of carboxylic acids is 1. The molecule has 1 aromatic heterocycles. The number of aliphatic hydroxyl groups is 1. The highest BCUT2D eigenvalue weighted by Crippen LogP contribution is 2.32. The average molecular weight is 922 g/mol. The Bertz CT molecular complexity index is 1870. The number of halogens is 4. The molecule has 256 valence electrons. The molecule has 0 aliphatic heterocycles. The largest absolute Gasteiger partial charge is 0.545 e. The predicted molar refractivity (Wildman–Crippen MR) is 201 cm³/mol. The number of carbonyl (C=O) groups is 1. The van der Waals surface area contributed by atoms with E-state index in [4.69, 9.17) is 14.2 Å². The Morgan fingerprint density at radius 2 is 1.59 bits per heavy atom. The molecule has 0 amide bonds. The van der Waals surface area contributed by atoms with Gasteiger partial charge in [-0.05, 0) is 59.2 Å². The molecule has 1 heterocycles. The Morgan fingerprint density at radius 3 is 2.24 bits per heavy atom. The lowest BCUT2D eigenvalue weighted by Crippen LogP contribution is -2.35. The van der Waals surface area contributed by atoms with Gasteiger partial charge < -0.3 is 29.2 Å². The summed E-state index contributed by atoms with van der Waals surface area (Å²) in [5.41, 5.74) is 3.67. The summed E-state index contributed by atoms with van der Waals surface area (Å²) < 4.78 is 25.2. The number of rotatable bonds is 13. The van der Waals surface area contributed by atoms with Crippen molar-refractivity contribution in [1.82, 2.24) is 4.57 Å². The van der Waals surface area contributed by atoms with Crippen molar-refractivity contribution >= 4 is 75.8 Å². The second kappa shape index (κ2) is 19.2. The molecule has 8 nitrogen and oxygen atoms in total. The molecule has 0 saturated carbocycles. The quantitative estimate of drug-likeness (QED) is 0.0952. The van der Waals surface area contributed by atoms with Gasteiger partial charge in [-0.3, -0.25) is 0 Å². The van der Waals surface area contributed by atoms with Crippen LogP contribution in [0.3, 0.4) is 0 Å². The summed E-state index contributed by atoms with van der Waals surface area (Å²) >= 11 is 14.4. The second-order valence-corrected chi connectivity index (χ2v) is 14.2. The number of imidazole rings is 1. The van der Waals surface area contributed by atoms with Gasteiger partial charge in [0.15, 0.2) is 0 Å². The zero-order valence-corrected chi connectivity index (χ0v) is 33.0. The molecule has 0 spiro atoms. The summed E-state index contributed by atoms with van der Waals surface area (Å²) in [4.78, 5) is 9.97. The highest BCUT2D eigenvalue weighted by Gasteiger charge is 2.22. The zero-order valence-electron chi connectivity index (χ0n) is 26.6. The molecule has 5 rings (SSSR count). The molecule has 4 aromatic carbocycles. The summed E-state index contributed by atoms with van der Waals surface area (Å²) in [7, 11) is 3.19. The van der Waals surface area contributed by atoms with Crippen LogP contribution in [0, 0.1) is 0 Å². The number of hydrogen-bond acceptors (Lipinski definition) is 6. The van der Waals surface area contributed by atoms with Crippen molar-refractivity contribution in [3.05, 3.63) is 150 Å². The molecule has 2 unspecified atom stereocenters. The van der Waals surface area contributed by atoms with Crippen LogP contribution in [-0.2, 0) is 29.2 Å². The predicted octanol–water partition coefficient (Wildman–Crippen LogP) is 7.98. The lowest BCUT2D eigenvalue weighted by molar-refractivity contribution is -0.705. The molecule has 0 saturated heterocycles. The maximum Gasteiger partial charge on any atom is 0.243 e. The van der Waals surface area contributed by atoms with Crippen LogP contribution in [0.4, 0.5) is 0 Å². The maximum absolute atomic E-state index is 10.9.